The lowest BCUT2D eigenvalue weighted by molar-refractivity contribution is -0.129. The first-order chi connectivity index (χ1) is 14.1. The van der Waals surface area contributed by atoms with Crippen LogP contribution < -0.4 is 5.32 Å². The molecule has 0 radical (unpaired) electrons. The Balaban J connectivity index is 1.52. The minimum atomic E-state index is 0.0742. The quantitative estimate of drug-likeness (QED) is 0.721. The summed E-state index contributed by atoms with van der Waals surface area (Å²) in [5, 5.41) is 13.2. The number of hydrogen-bond donors (Lipinski definition) is 2. The number of amides is 1. The maximum Gasteiger partial charge on any atom is 0.236 e. The molecule has 2 atom stereocenters. The smallest absolute Gasteiger partial charge is 0.236 e. The zero-order valence-corrected chi connectivity index (χ0v) is 17.6. The van der Waals surface area contributed by atoms with Crippen LogP contribution in [0.25, 0.3) is 0 Å². The molecule has 1 heterocycles. The van der Waals surface area contributed by atoms with Crippen molar-refractivity contribution >= 4 is 5.91 Å². The highest BCUT2D eigenvalue weighted by molar-refractivity contribution is 5.78. The van der Waals surface area contributed by atoms with Gasteiger partial charge in [0.05, 0.1) is 6.54 Å². The van der Waals surface area contributed by atoms with Crippen molar-refractivity contribution in [2.45, 2.75) is 32.5 Å². The molecule has 1 aliphatic rings. The van der Waals surface area contributed by atoms with Gasteiger partial charge in [-0.25, -0.2) is 0 Å². The molecule has 2 aromatic carbocycles. The van der Waals surface area contributed by atoms with Crippen LogP contribution in [0.15, 0.2) is 54.6 Å². The molecule has 0 aromatic heterocycles. The van der Waals surface area contributed by atoms with Crippen molar-refractivity contribution in [1.82, 2.24) is 15.1 Å². The first kappa shape index (κ1) is 21.5. The highest BCUT2D eigenvalue weighted by Crippen LogP contribution is 2.19. The molecule has 0 aliphatic carbocycles. The van der Waals surface area contributed by atoms with Crippen molar-refractivity contribution in [3.63, 3.8) is 0 Å². The zero-order chi connectivity index (χ0) is 20.6. The van der Waals surface area contributed by atoms with E-state index in [1.54, 1.807) is 4.90 Å². The van der Waals surface area contributed by atoms with Crippen molar-refractivity contribution in [3.05, 3.63) is 71.3 Å². The molecule has 0 saturated carbocycles. The molecule has 29 heavy (non-hydrogen) atoms. The van der Waals surface area contributed by atoms with Gasteiger partial charge in [0.15, 0.2) is 0 Å². The number of likely N-dealkylation sites (N-methyl/N-ethyl adjacent to an activating group) is 1. The average Bonchev–Trinajstić information content (AvgIpc) is 2.74. The third kappa shape index (κ3) is 6.13. The molecular formula is C24H33N3O2. The molecule has 1 saturated heterocycles. The summed E-state index contributed by atoms with van der Waals surface area (Å²) in [5.41, 5.74) is 3.66. The summed E-state index contributed by atoms with van der Waals surface area (Å²) in [5.74, 6) is 0.265. The number of aliphatic hydroxyl groups excluding tert-OH is 1. The number of benzene rings is 2. The van der Waals surface area contributed by atoms with Gasteiger partial charge in [0.25, 0.3) is 0 Å². The monoisotopic (exact) mass is 395 g/mol. The van der Waals surface area contributed by atoms with Gasteiger partial charge in [-0.3, -0.25) is 9.69 Å². The van der Waals surface area contributed by atoms with Crippen LogP contribution in [0.1, 0.15) is 23.1 Å². The van der Waals surface area contributed by atoms with E-state index in [2.05, 4.69) is 53.5 Å². The lowest BCUT2D eigenvalue weighted by atomic mass is 9.92. The van der Waals surface area contributed by atoms with E-state index in [1.807, 2.05) is 25.2 Å². The molecule has 0 unspecified atom stereocenters. The van der Waals surface area contributed by atoms with Gasteiger partial charge in [-0.15, -0.1) is 0 Å². The number of aryl methyl sites for hydroxylation is 1. The topological polar surface area (TPSA) is 55.8 Å². The minimum Gasteiger partial charge on any atom is -0.396 e. The molecule has 2 N–H and O–H groups in total. The molecule has 1 aliphatic heterocycles. The van der Waals surface area contributed by atoms with Gasteiger partial charge >= 0.3 is 0 Å². The van der Waals surface area contributed by atoms with E-state index in [4.69, 9.17) is 0 Å². The number of piperidine rings is 1. The van der Waals surface area contributed by atoms with Gasteiger partial charge in [0.2, 0.25) is 5.91 Å². The predicted octanol–water partition coefficient (Wildman–Crippen LogP) is 2.43. The van der Waals surface area contributed by atoms with Crippen LogP contribution >= 0.6 is 0 Å². The maximum atomic E-state index is 12.7. The molecule has 1 amide bonds. The molecule has 156 valence electrons. The molecule has 5 nitrogen and oxygen atoms in total. The fourth-order valence-corrected chi connectivity index (χ4v) is 3.99. The lowest BCUT2D eigenvalue weighted by Gasteiger charge is -2.38. The Morgan fingerprint density at radius 1 is 1.17 bits per heavy atom. The Bertz CT molecular complexity index is 781. The summed E-state index contributed by atoms with van der Waals surface area (Å²) < 4.78 is 0. The van der Waals surface area contributed by atoms with E-state index in [0.29, 0.717) is 13.1 Å². The number of nitrogens with one attached hydrogen (secondary N) is 1. The highest BCUT2D eigenvalue weighted by Gasteiger charge is 2.29. The predicted molar refractivity (Wildman–Crippen MR) is 116 cm³/mol. The van der Waals surface area contributed by atoms with Crippen LogP contribution in [0.4, 0.5) is 0 Å². The number of carbonyl (C=O) groups is 1. The van der Waals surface area contributed by atoms with E-state index in [9.17, 15) is 9.90 Å². The second-order valence-corrected chi connectivity index (χ2v) is 8.12. The molecule has 5 heteroatoms. The van der Waals surface area contributed by atoms with Crippen molar-refractivity contribution < 1.29 is 9.90 Å². The van der Waals surface area contributed by atoms with Gasteiger partial charge < -0.3 is 15.3 Å². The van der Waals surface area contributed by atoms with Crippen LogP contribution in [-0.4, -0.2) is 60.1 Å². The van der Waals surface area contributed by atoms with Crippen LogP contribution in [-0.2, 0) is 17.9 Å². The molecule has 3 rings (SSSR count). The highest BCUT2D eigenvalue weighted by atomic mass is 16.3. The second-order valence-electron chi connectivity index (χ2n) is 8.12. The van der Waals surface area contributed by atoms with Gasteiger partial charge in [0.1, 0.15) is 0 Å². The van der Waals surface area contributed by atoms with Crippen LogP contribution in [0.2, 0.25) is 0 Å². The van der Waals surface area contributed by atoms with Crippen molar-refractivity contribution in [3.8, 4) is 0 Å². The second kappa shape index (κ2) is 10.5. The summed E-state index contributed by atoms with van der Waals surface area (Å²) in [4.78, 5) is 16.8. The van der Waals surface area contributed by atoms with Crippen molar-refractivity contribution in [2.75, 3.05) is 33.3 Å². The van der Waals surface area contributed by atoms with Gasteiger partial charge in [-0.1, -0.05) is 54.6 Å². The van der Waals surface area contributed by atoms with E-state index < -0.39 is 0 Å². The first-order valence-electron chi connectivity index (χ1n) is 10.5. The standard InChI is InChI=1S/C24H33N3O2/c1-19-8-6-7-11-21(19)16-26(2)24(29)14-25-23-17-27(13-12-22(23)18-28)15-20-9-4-3-5-10-20/h3-11,22-23,25,28H,12-18H2,1-2H3/t22-,23-/m1/s1. The van der Waals surface area contributed by atoms with Crippen molar-refractivity contribution in [1.29, 1.82) is 0 Å². The van der Waals surface area contributed by atoms with Crippen LogP contribution in [0.5, 0.6) is 0 Å². The first-order valence-corrected chi connectivity index (χ1v) is 10.5. The number of hydrogen-bond acceptors (Lipinski definition) is 4. The Kier molecular flexibility index (Phi) is 7.81. The lowest BCUT2D eigenvalue weighted by Crippen LogP contribution is -2.53. The summed E-state index contributed by atoms with van der Waals surface area (Å²) in [6, 6.07) is 18.7. The number of carbonyl (C=O) groups excluding carboxylic acids is 1. The Morgan fingerprint density at radius 3 is 2.62 bits per heavy atom. The van der Waals surface area contributed by atoms with Gasteiger partial charge in [-0.05, 0) is 42.5 Å². The third-order valence-electron chi connectivity index (χ3n) is 5.93. The number of aliphatic hydroxyl groups is 1. The van der Waals surface area contributed by atoms with Gasteiger partial charge in [-0.2, -0.15) is 0 Å². The summed E-state index contributed by atoms with van der Waals surface area (Å²) >= 11 is 0. The van der Waals surface area contributed by atoms with E-state index in [-0.39, 0.29) is 24.5 Å². The molecular weight excluding hydrogens is 362 g/mol. The third-order valence-corrected chi connectivity index (χ3v) is 5.93. The minimum absolute atomic E-state index is 0.0742. The van der Waals surface area contributed by atoms with Crippen molar-refractivity contribution in [2.24, 2.45) is 5.92 Å². The van der Waals surface area contributed by atoms with Crippen LogP contribution in [0.3, 0.4) is 0 Å². The largest absolute Gasteiger partial charge is 0.396 e. The summed E-state index contributed by atoms with van der Waals surface area (Å²) in [6.45, 7) is 5.85. The Labute approximate surface area is 174 Å². The normalized spacial score (nSPS) is 19.8. The fourth-order valence-electron chi connectivity index (χ4n) is 3.99. The molecule has 2 aromatic rings. The summed E-state index contributed by atoms with van der Waals surface area (Å²) in [7, 11) is 1.85. The number of rotatable bonds is 8. The number of likely N-dealkylation sites (tertiary alicyclic amines) is 1. The molecule has 0 spiro atoms. The van der Waals surface area contributed by atoms with E-state index in [1.165, 1.54) is 16.7 Å². The Morgan fingerprint density at radius 2 is 1.90 bits per heavy atom. The SMILES string of the molecule is Cc1ccccc1CN(C)C(=O)CN[C@@H]1CN(Cc2ccccc2)CC[C@@H]1CO. The fraction of sp³-hybridized carbons (Fsp3) is 0.458. The maximum absolute atomic E-state index is 12.7. The average molecular weight is 396 g/mol. The van der Waals surface area contributed by atoms with E-state index in [0.717, 1.165) is 26.1 Å². The number of nitrogens with zero attached hydrogens (tertiary/aromatic N) is 2. The molecule has 0 bridgehead atoms. The molecule has 1 fully saturated rings. The Hall–Kier alpha value is -2.21. The van der Waals surface area contributed by atoms with Crippen LogP contribution in [0, 0.1) is 12.8 Å². The van der Waals surface area contributed by atoms with Gasteiger partial charge in [0, 0.05) is 39.3 Å². The zero-order valence-electron chi connectivity index (χ0n) is 17.6. The summed E-state index contributed by atoms with van der Waals surface area (Å²) in [6.07, 6.45) is 0.939. The van der Waals surface area contributed by atoms with E-state index >= 15 is 0 Å².